The largest absolute Gasteiger partial charge is 0.352 e. The lowest BCUT2D eigenvalue weighted by Gasteiger charge is -2.30. The van der Waals surface area contributed by atoms with Crippen LogP contribution in [0.5, 0.6) is 0 Å². The smallest absolute Gasteiger partial charge is 0.226 e. The van der Waals surface area contributed by atoms with Crippen LogP contribution in [0.1, 0.15) is 18.5 Å². The Labute approximate surface area is 99.7 Å². The molecule has 0 aromatic carbocycles. The standard InChI is InChI=1S/C11H17N3OS/c1-14-4-2-3-9(6-14)13-11(15)5-10-7-16-8-12-10/h7-9H,2-6H2,1H3,(H,13,15). The number of piperidine rings is 1. The van der Waals surface area contributed by atoms with Gasteiger partial charge in [0.1, 0.15) is 0 Å². The fourth-order valence-corrected chi connectivity index (χ4v) is 2.61. The molecule has 0 radical (unpaired) electrons. The van der Waals surface area contributed by atoms with Gasteiger partial charge in [-0.2, -0.15) is 0 Å². The van der Waals surface area contributed by atoms with E-state index in [0.717, 1.165) is 31.6 Å². The molecule has 1 aliphatic rings. The SMILES string of the molecule is CN1CCCC(NC(=O)Cc2cscn2)C1. The van der Waals surface area contributed by atoms with E-state index in [1.54, 1.807) is 5.51 Å². The first-order valence-corrected chi connectivity index (χ1v) is 6.53. The highest BCUT2D eigenvalue weighted by Gasteiger charge is 2.18. The molecule has 1 fully saturated rings. The molecule has 1 unspecified atom stereocenters. The first kappa shape index (κ1) is 11.5. The summed E-state index contributed by atoms with van der Waals surface area (Å²) in [5, 5.41) is 4.99. The zero-order valence-corrected chi connectivity index (χ0v) is 10.3. The number of carbonyl (C=O) groups excluding carboxylic acids is 1. The van der Waals surface area contributed by atoms with E-state index in [4.69, 9.17) is 0 Å². The Morgan fingerprint density at radius 3 is 3.31 bits per heavy atom. The van der Waals surface area contributed by atoms with Crippen LogP contribution in [0.25, 0.3) is 0 Å². The highest BCUT2D eigenvalue weighted by Crippen LogP contribution is 2.08. The molecule has 1 aromatic rings. The fourth-order valence-electron chi connectivity index (χ4n) is 2.05. The van der Waals surface area contributed by atoms with Crippen molar-refractivity contribution in [3.05, 3.63) is 16.6 Å². The van der Waals surface area contributed by atoms with E-state index < -0.39 is 0 Å². The predicted molar refractivity (Wildman–Crippen MR) is 64.5 cm³/mol. The number of amides is 1. The predicted octanol–water partition coefficient (Wildman–Crippen LogP) is 0.896. The van der Waals surface area contributed by atoms with Crippen molar-refractivity contribution < 1.29 is 4.79 Å². The van der Waals surface area contributed by atoms with Gasteiger partial charge in [0.25, 0.3) is 0 Å². The molecular weight excluding hydrogens is 222 g/mol. The van der Waals surface area contributed by atoms with Crippen LogP contribution in [0.4, 0.5) is 0 Å². The first-order valence-electron chi connectivity index (χ1n) is 5.59. The van der Waals surface area contributed by atoms with Crippen molar-refractivity contribution in [1.29, 1.82) is 0 Å². The average Bonchev–Trinajstić information content (AvgIpc) is 2.70. The van der Waals surface area contributed by atoms with Crippen LogP contribution < -0.4 is 5.32 Å². The second-order valence-electron chi connectivity index (χ2n) is 4.33. The van der Waals surface area contributed by atoms with Gasteiger partial charge in [0.2, 0.25) is 5.91 Å². The monoisotopic (exact) mass is 239 g/mol. The molecule has 1 aliphatic heterocycles. The van der Waals surface area contributed by atoms with Crippen LogP contribution in [0, 0.1) is 0 Å². The molecule has 1 saturated heterocycles. The molecule has 16 heavy (non-hydrogen) atoms. The Morgan fingerprint density at radius 2 is 2.62 bits per heavy atom. The number of likely N-dealkylation sites (N-methyl/N-ethyl adjacent to an activating group) is 1. The van der Waals surface area contributed by atoms with E-state index in [1.165, 1.54) is 11.3 Å². The van der Waals surface area contributed by atoms with E-state index in [9.17, 15) is 4.79 Å². The van der Waals surface area contributed by atoms with Gasteiger partial charge in [-0.05, 0) is 26.4 Å². The molecule has 2 heterocycles. The van der Waals surface area contributed by atoms with Gasteiger partial charge in [-0.3, -0.25) is 4.79 Å². The molecular formula is C11H17N3OS. The molecule has 1 amide bonds. The van der Waals surface area contributed by atoms with E-state index in [1.807, 2.05) is 5.38 Å². The number of hydrogen-bond donors (Lipinski definition) is 1. The summed E-state index contributed by atoms with van der Waals surface area (Å²) in [6, 6.07) is 0.310. The second kappa shape index (κ2) is 5.41. The lowest BCUT2D eigenvalue weighted by atomic mass is 10.1. The van der Waals surface area contributed by atoms with Crippen molar-refractivity contribution in [2.45, 2.75) is 25.3 Å². The maximum atomic E-state index is 11.7. The third kappa shape index (κ3) is 3.28. The third-order valence-electron chi connectivity index (χ3n) is 2.81. The molecule has 1 atom stereocenters. The maximum absolute atomic E-state index is 11.7. The van der Waals surface area contributed by atoms with Crippen molar-refractivity contribution >= 4 is 17.2 Å². The molecule has 4 nitrogen and oxygen atoms in total. The molecule has 1 N–H and O–H groups in total. The van der Waals surface area contributed by atoms with E-state index in [2.05, 4.69) is 22.2 Å². The Balaban J connectivity index is 1.78. The van der Waals surface area contributed by atoms with Crippen LogP contribution in [0.3, 0.4) is 0 Å². The summed E-state index contributed by atoms with van der Waals surface area (Å²) in [6.07, 6.45) is 2.66. The van der Waals surface area contributed by atoms with Gasteiger partial charge in [-0.1, -0.05) is 0 Å². The molecule has 88 valence electrons. The highest BCUT2D eigenvalue weighted by atomic mass is 32.1. The van der Waals surface area contributed by atoms with E-state index in [-0.39, 0.29) is 5.91 Å². The molecule has 2 rings (SSSR count). The molecule has 1 aromatic heterocycles. The van der Waals surface area contributed by atoms with Crippen LogP contribution in [-0.4, -0.2) is 42.0 Å². The second-order valence-corrected chi connectivity index (χ2v) is 5.04. The molecule has 5 heteroatoms. The zero-order valence-electron chi connectivity index (χ0n) is 9.48. The van der Waals surface area contributed by atoms with Crippen molar-refractivity contribution in [3.63, 3.8) is 0 Å². The highest BCUT2D eigenvalue weighted by molar-refractivity contribution is 7.07. The summed E-state index contributed by atoms with van der Waals surface area (Å²) in [7, 11) is 2.10. The minimum absolute atomic E-state index is 0.0891. The number of nitrogens with zero attached hydrogens (tertiary/aromatic N) is 2. The van der Waals surface area contributed by atoms with Crippen molar-refractivity contribution in [2.24, 2.45) is 0 Å². The van der Waals surface area contributed by atoms with Crippen molar-refractivity contribution in [2.75, 3.05) is 20.1 Å². The Hall–Kier alpha value is -0.940. The van der Waals surface area contributed by atoms with Gasteiger partial charge in [-0.15, -0.1) is 11.3 Å². The van der Waals surface area contributed by atoms with Gasteiger partial charge in [0.15, 0.2) is 0 Å². The third-order valence-corrected chi connectivity index (χ3v) is 3.45. The molecule has 0 bridgehead atoms. The number of aromatic nitrogens is 1. The van der Waals surface area contributed by atoms with Crippen LogP contribution in [-0.2, 0) is 11.2 Å². The van der Waals surface area contributed by atoms with Gasteiger partial charge in [0, 0.05) is 18.0 Å². The summed E-state index contributed by atoms with van der Waals surface area (Å²) >= 11 is 1.53. The number of likely N-dealkylation sites (tertiary alicyclic amines) is 1. The first-order chi connectivity index (χ1) is 7.74. The fraction of sp³-hybridized carbons (Fsp3) is 0.636. The van der Waals surface area contributed by atoms with Crippen LogP contribution >= 0.6 is 11.3 Å². The number of nitrogens with one attached hydrogen (secondary N) is 1. The van der Waals surface area contributed by atoms with Crippen LogP contribution in [0.15, 0.2) is 10.9 Å². The van der Waals surface area contributed by atoms with Gasteiger partial charge in [0.05, 0.1) is 17.6 Å². The summed E-state index contributed by atoms with van der Waals surface area (Å²) in [4.78, 5) is 18.1. The minimum Gasteiger partial charge on any atom is -0.352 e. The topological polar surface area (TPSA) is 45.2 Å². The van der Waals surface area contributed by atoms with E-state index in [0.29, 0.717) is 12.5 Å². The lowest BCUT2D eigenvalue weighted by Crippen LogP contribution is -2.46. The maximum Gasteiger partial charge on any atom is 0.226 e. The summed E-state index contributed by atoms with van der Waals surface area (Å²) in [6.45, 7) is 2.10. The molecule has 0 aliphatic carbocycles. The lowest BCUT2D eigenvalue weighted by molar-refractivity contribution is -0.121. The number of thiazole rings is 1. The zero-order chi connectivity index (χ0) is 11.4. The Kier molecular flexibility index (Phi) is 3.90. The Bertz CT molecular complexity index is 339. The van der Waals surface area contributed by atoms with Crippen molar-refractivity contribution in [3.8, 4) is 0 Å². The minimum atomic E-state index is 0.0891. The van der Waals surface area contributed by atoms with Crippen LogP contribution in [0.2, 0.25) is 0 Å². The normalized spacial score (nSPS) is 21.9. The van der Waals surface area contributed by atoms with E-state index >= 15 is 0 Å². The number of carbonyl (C=O) groups is 1. The van der Waals surface area contributed by atoms with Gasteiger partial charge in [-0.25, -0.2) is 4.98 Å². The molecule has 0 saturated carbocycles. The summed E-state index contributed by atoms with van der Waals surface area (Å²) in [5.41, 5.74) is 2.63. The summed E-state index contributed by atoms with van der Waals surface area (Å²) < 4.78 is 0. The number of rotatable bonds is 3. The van der Waals surface area contributed by atoms with Crippen molar-refractivity contribution in [1.82, 2.24) is 15.2 Å². The quantitative estimate of drug-likeness (QED) is 0.852. The number of hydrogen-bond acceptors (Lipinski definition) is 4. The average molecular weight is 239 g/mol. The Morgan fingerprint density at radius 1 is 1.75 bits per heavy atom. The van der Waals surface area contributed by atoms with Gasteiger partial charge < -0.3 is 10.2 Å². The summed E-state index contributed by atoms with van der Waals surface area (Å²) in [5.74, 6) is 0.0891. The molecule has 0 spiro atoms. The van der Waals surface area contributed by atoms with Gasteiger partial charge >= 0.3 is 0 Å².